The summed E-state index contributed by atoms with van der Waals surface area (Å²) in [6.07, 6.45) is 1.14. The number of guanidine groups is 1. The SMILES string of the molecule is CN=C(NCc1cc2ccccc2[nH]1)N1CCC(COCCOC)C1.I. The molecule has 1 unspecified atom stereocenters. The Morgan fingerprint density at radius 3 is 2.96 bits per heavy atom. The maximum Gasteiger partial charge on any atom is 0.193 e. The quantitative estimate of drug-likeness (QED) is 0.282. The molecular weight excluding hydrogens is 443 g/mol. The van der Waals surface area contributed by atoms with Gasteiger partial charge in [-0.15, -0.1) is 24.0 Å². The lowest BCUT2D eigenvalue weighted by Gasteiger charge is -2.21. The highest BCUT2D eigenvalue weighted by Gasteiger charge is 2.24. The average Bonchev–Trinajstić information content (AvgIpc) is 3.26. The van der Waals surface area contributed by atoms with Crippen molar-refractivity contribution in [2.24, 2.45) is 10.9 Å². The van der Waals surface area contributed by atoms with Crippen LogP contribution < -0.4 is 5.32 Å². The lowest BCUT2D eigenvalue weighted by Crippen LogP contribution is -2.39. The standard InChI is InChI=1S/C19H28N4O2.HI/c1-20-19(23-8-7-15(13-23)14-25-10-9-24-2)21-12-17-11-16-5-3-4-6-18(16)22-17;/h3-6,11,15,22H,7-10,12-14H2,1-2H3,(H,20,21);1H. The number of methoxy groups -OCH3 is 1. The Bertz CT molecular complexity index is 671. The van der Waals surface area contributed by atoms with Gasteiger partial charge in [-0.05, 0) is 23.9 Å². The molecule has 1 aliphatic rings. The van der Waals surface area contributed by atoms with Crippen LogP contribution in [0.2, 0.25) is 0 Å². The normalized spacial score (nSPS) is 17.5. The fourth-order valence-corrected chi connectivity index (χ4v) is 3.29. The molecular formula is C19H29IN4O2. The molecule has 26 heavy (non-hydrogen) atoms. The zero-order valence-corrected chi connectivity index (χ0v) is 17.9. The Morgan fingerprint density at radius 1 is 1.35 bits per heavy atom. The van der Waals surface area contributed by atoms with Gasteiger partial charge in [0.05, 0.1) is 26.4 Å². The molecule has 6 nitrogen and oxygen atoms in total. The first-order chi connectivity index (χ1) is 12.3. The minimum absolute atomic E-state index is 0. The molecule has 0 aliphatic carbocycles. The minimum Gasteiger partial charge on any atom is -0.382 e. The van der Waals surface area contributed by atoms with Gasteiger partial charge in [-0.3, -0.25) is 4.99 Å². The molecule has 1 atom stereocenters. The van der Waals surface area contributed by atoms with Gasteiger partial charge in [-0.1, -0.05) is 18.2 Å². The molecule has 0 spiro atoms. The van der Waals surface area contributed by atoms with Crippen molar-refractivity contribution >= 4 is 40.8 Å². The molecule has 1 saturated heterocycles. The number of rotatable bonds is 7. The second-order valence-electron chi connectivity index (χ2n) is 6.45. The number of fused-ring (bicyclic) bond motifs is 1. The predicted molar refractivity (Wildman–Crippen MR) is 116 cm³/mol. The first-order valence-electron chi connectivity index (χ1n) is 8.89. The van der Waals surface area contributed by atoms with Gasteiger partial charge < -0.3 is 24.7 Å². The Morgan fingerprint density at radius 2 is 2.19 bits per heavy atom. The van der Waals surface area contributed by atoms with E-state index in [0.29, 0.717) is 19.1 Å². The number of likely N-dealkylation sites (tertiary alicyclic amines) is 1. The van der Waals surface area contributed by atoms with E-state index in [1.165, 1.54) is 16.6 Å². The van der Waals surface area contributed by atoms with E-state index in [9.17, 15) is 0 Å². The summed E-state index contributed by atoms with van der Waals surface area (Å²) < 4.78 is 10.7. The topological polar surface area (TPSA) is 61.9 Å². The van der Waals surface area contributed by atoms with Gasteiger partial charge in [0.15, 0.2) is 5.96 Å². The maximum absolute atomic E-state index is 5.67. The molecule has 7 heteroatoms. The number of para-hydroxylation sites is 1. The van der Waals surface area contributed by atoms with Crippen LogP contribution in [0.4, 0.5) is 0 Å². The summed E-state index contributed by atoms with van der Waals surface area (Å²) in [5.41, 5.74) is 2.34. The van der Waals surface area contributed by atoms with E-state index in [1.54, 1.807) is 7.11 Å². The molecule has 1 aromatic carbocycles. The van der Waals surface area contributed by atoms with Gasteiger partial charge in [-0.2, -0.15) is 0 Å². The molecule has 1 aliphatic heterocycles. The van der Waals surface area contributed by atoms with Gasteiger partial charge in [0.1, 0.15) is 0 Å². The highest BCUT2D eigenvalue weighted by molar-refractivity contribution is 14.0. The summed E-state index contributed by atoms with van der Waals surface area (Å²) in [4.78, 5) is 10.2. The van der Waals surface area contributed by atoms with Crippen LogP contribution in [0.5, 0.6) is 0 Å². The van der Waals surface area contributed by atoms with Crippen LogP contribution in [0.15, 0.2) is 35.3 Å². The number of nitrogens with one attached hydrogen (secondary N) is 2. The van der Waals surface area contributed by atoms with Crippen LogP contribution in [0.25, 0.3) is 10.9 Å². The summed E-state index contributed by atoms with van der Waals surface area (Å²) in [5, 5.41) is 4.71. The third-order valence-corrected chi connectivity index (χ3v) is 4.61. The molecule has 0 saturated carbocycles. The van der Waals surface area contributed by atoms with E-state index in [1.807, 2.05) is 13.1 Å². The number of ether oxygens (including phenoxy) is 2. The monoisotopic (exact) mass is 472 g/mol. The third kappa shape index (κ3) is 5.59. The van der Waals surface area contributed by atoms with E-state index in [2.05, 4.69) is 44.5 Å². The van der Waals surface area contributed by atoms with Gasteiger partial charge in [0.25, 0.3) is 0 Å². The summed E-state index contributed by atoms with van der Waals surface area (Å²) in [7, 11) is 3.54. The van der Waals surface area contributed by atoms with Gasteiger partial charge >= 0.3 is 0 Å². The maximum atomic E-state index is 5.67. The predicted octanol–water partition coefficient (Wildman–Crippen LogP) is 2.85. The van der Waals surface area contributed by atoms with E-state index in [0.717, 1.165) is 38.6 Å². The first-order valence-corrected chi connectivity index (χ1v) is 8.89. The Labute approximate surface area is 172 Å². The second-order valence-corrected chi connectivity index (χ2v) is 6.45. The van der Waals surface area contributed by atoms with E-state index < -0.39 is 0 Å². The summed E-state index contributed by atoms with van der Waals surface area (Å²) in [5.74, 6) is 1.52. The average molecular weight is 472 g/mol. The number of aromatic amines is 1. The molecule has 2 N–H and O–H groups in total. The fraction of sp³-hybridized carbons (Fsp3) is 0.526. The fourth-order valence-electron chi connectivity index (χ4n) is 3.29. The van der Waals surface area contributed by atoms with Crippen LogP contribution in [0.3, 0.4) is 0 Å². The summed E-state index contributed by atoms with van der Waals surface area (Å²) in [6.45, 7) is 4.86. The summed E-state index contributed by atoms with van der Waals surface area (Å²) in [6, 6.07) is 10.5. The summed E-state index contributed by atoms with van der Waals surface area (Å²) >= 11 is 0. The van der Waals surface area contributed by atoms with E-state index >= 15 is 0 Å². The largest absolute Gasteiger partial charge is 0.382 e. The molecule has 3 rings (SSSR count). The van der Waals surface area contributed by atoms with Crippen LogP contribution in [0, 0.1) is 5.92 Å². The number of benzene rings is 1. The Kier molecular flexibility index (Phi) is 8.67. The lowest BCUT2D eigenvalue weighted by molar-refractivity contribution is 0.0536. The highest BCUT2D eigenvalue weighted by atomic mass is 127. The van der Waals surface area contributed by atoms with Crippen molar-refractivity contribution in [3.8, 4) is 0 Å². The van der Waals surface area contributed by atoms with Crippen molar-refractivity contribution in [2.75, 3.05) is 47.1 Å². The van der Waals surface area contributed by atoms with E-state index in [-0.39, 0.29) is 24.0 Å². The smallest absolute Gasteiger partial charge is 0.193 e. The molecule has 2 heterocycles. The second kappa shape index (κ2) is 10.7. The molecule has 0 bridgehead atoms. The van der Waals surface area contributed by atoms with Gasteiger partial charge in [0, 0.05) is 44.4 Å². The highest BCUT2D eigenvalue weighted by Crippen LogP contribution is 2.17. The third-order valence-electron chi connectivity index (χ3n) is 4.61. The number of nitrogens with zero attached hydrogens (tertiary/aromatic N) is 2. The van der Waals surface area contributed by atoms with Crippen LogP contribution >= 0.6 is 24.0 Å². The molecule has 2 aromatic rings. The molecule has 0 amide bonds. The van der Waals surface area contributed by atoms with Crippen molar-refractivity contribution < 1.29 is 9.47 Å². The van der Waals surface area contributed by atoms with Crippen LogP contribution in [0.1, 0.15) is 12.1 Å². The molecule has 1 aromatic heterocycles. The van der Waals surface area contributed by atoms with E-state index in [4.69, 9.17) is 9.47 Å². The van der Waals surface area contributed by atoms with Crippen LogP contribution in [-0.2, 0) is 16.0 Å². The zero-order chi connectivity index (χ0) is 17.5. The molecule has 144 valence electrons. The van der Waals surface area contributed by atoms with Crippen molar-refractivity contribution in [2.45, 2.75) is 13.0 Å². The van der Waals surface area contributed by atoms with Crippen molar-refractivity contribution in [1.82, 2.24) is 15.2 Å². The number of aromatic nitrogens is 1. The van der Waals surface area contributed by atoms with Crippen molar-refractivity contribution in [3.05, 3.63) is 36.0 Å². The molecule has 1 fully saturated rings. The lowest BCUT2D eigenvalue weighted by atomic mass is 10.1. The molecule has 0 radical (unpaired) electrons. The zero-order valence-electron chi connectivity index (χ0n) is 15.5. The number of aliphatic imine (C=N–C) groups is 1. The van der Waals surface area contributed by atoms with Gasteiger partial charge in [0.2, 0.25) is 0 Å². The number of halogens is 1. The first kappa shape index (κ1) is 21.0. The van der Waals surface area contributed by atoms with Crippen molar-refractivity contribution in [1.29, 1.82) is 0 Å². The van der Waals surface area contributed by atoms with Gasteiger partial charge in [-0.25, -0.2) is 0 Å². The minimum atomic E-state index is 0. The number of hydrogen-bond acceptors (Lipinski definition) is 3. The Balaban J connectivity index is 0.00000243. The van der Waals surface area contributed by atoms with Crippen molar-refractivity contribution in [3.63, 3.8) is 0 Å². The number of H-pyrrole nitrogens is 1. The Hall–Kier alpha value is -1.32. The number of hydrogen-bond donors (Lipinski definition) is 2. The van der Waals surface area contributed by atoms with Crippen LogP contribution in [-0.4, -0.2) is 62.9 Å².